The van der Waals surface area contributed by atoms with E-state index in [4.69, 9.17) is 16.7 Å². The molecular formula is C16H11Cl2F3N4O4. The number of amides is 1. The van der Waals surface area contributed by atoms with Crippen LogP contribution in [0, 0.1) is 0 Å². The lowest BCUT2D eigenvalue weighted by Crippen LogP contribution is -2.29. The minimum atomic E-state index is -4.65. The number of rotatable bonds is 4. The Morgan fingerprint density at radius 3 is 2.52 bits per heavy atom. The average Bonchev–Trinajstić information content (AvgIpc) is 3.06. The molecule has 0 bridgehead atoms. The van der Waals surface area contributed by atoms with Crippen LogP contribution < -0.4 is 5.32 Å². The molecule has 13 heteroatoms. The van der Waals surface area contributed by atoms with Gasteiger partial charge in [-0.3, -0.25) is 9.59 Å². The summed E-state index contributed by atoms with van der Waals surface area (Å²) in [4.78, 5) is 26.6. The van der Waals surface area contributed by atoms with E-state index in [2.05, 4.69) is 15.4 Å². The molecule has 0 atom stereocenters. The Hall–Kier alpha value is -3.05. The van der Waals surface area contributed by atoms with Crippen LogP contribution in [0.5, 0.6) is 5.75 Å². The largest absolute Gasteiger partial charge is 0.507 e. The van der Waals surface area contributed by atoms with Gasteiger partial charge in [0.2, 0.25) is 0 Å². The van der Waals surface area contributed by atoms with Gasteiger partial charge >= 0.3 is 12.1 Å². The first-order valence-electron chi connectivity index (χ1n) is 7.52. The molecule has 0 fully saturated rings. The van der Waals surface area contributed by atoms with Crippen molar-refractivity contribution in [2.75, 3.05) is 6.54 Å². The van der Waals surface area contributed by atoms with E-state index in [0.29, 0.717) is 0 Å². The van der Waals surface area contributed by atoms with Crippen LogP contribution >= 0.6 is 24.0 Å². The van der Waals surface area contributed by atoms with E-state index in [0.717, 1.165) is 29.0 Å². The van der Waals surface area contributed by atoms with Crippen molar-refractivity contribution in [3.05, 3.63) is 46.7 Å². The van der Waals surface area contributed by atoms with Crippen molar-refractivity contribution in [3.8, 4) is 17.0 Å². The van der Waals surface area contributed by atoms with Gasteiger partial charge in [0, 0.05) is 16.7 Å². The van der Waals surface area contributed by atoms with Crippen molar-refractivity contribution in [2.45, 2.75) is 6.18 Å². The van der Waals surface area contributed by atoms with Crippen molar-refractivity contribution >= 4 is 41.5 Å². The first-order chi connectivity index (χ1) is 13.1. The molecule has 0 aliphatic carbocycles. The second-order valence-corrected chi connectivity index (χ2v) is 6.02. The van der Waals surface area contributed by atoms with Crippen LogP contribution in [0.3, 0.4) is 0 Å². The zero-order valence-electron chi connectivity index (χ0n) is 14.1. The summed E-state index contributed by atoms with van der Waals surface area (Å²) in [5, 5.41) is 24.7. The number of carboxylic acid groups (broad SMARTS) is 1. The fourth-order valence-electron chi connectivity index (χ4n) is 2.53. The van der Waals surface area contributed by atoms with Crippen LogP contribution in [-0.2, 0) is 11.0 Å². The third kappa shape index (κ3) is 4.51. The van der Waals surface area contributed by atoms with Crippen molar-refractivity contribution < 1.29 is 33.0 Å². The molecule has 0 aliphatic heterocycles. The summed E-state index contributed by atoms with van der Waals surface area (Å²) in [5.41, 5.74) is -1.59. The molecule has 0 unspecified atom stereocenters. The summed E-state index contributed by atoms with van der Waals surface area (Å²) in [5.74, 6) is -2.86. The second kappa shape index (κ2) is 8.13. The van der Waals surface area contributed by atoms with Crippen LogP contribution in [0.15, 0.2) is 30.6 Å². The number of fused-ring (bicyclic) bond motifs is 1. The maximum absolute atomic E-state index is 13.1. The molecule has 0 radical (unpaired) electrons. The van der Waals surface area contributed by atoms with E-state index in [1.807, 2.05) is 0 Å². The number of aromatic hydroxyl groups is 1. The Balaban J connectivity index is 0.00000300. The van der Waals surface area contributed by atoms with E-state index in [-0.39, 0.29) is 39.9 Å². The van der Waals surface area contributed by atoms with E-state index in [1.165, 1.54) is 6.07 Å². The molecule has 1 aromatic carbocycles. The summed E-state index contributed by atoms with van der Waals surface area (Å²) >= 11 is 5.80. The van der Waals surface area contributed by atoms with Gasteiger partial charge < -0.3 is 15.5 Å². The SMILES string of the molecule is Cl.O=C(O)CNC(=O)c1c(O)cc(-c2cc(Cl)cc(C(F)(F)F)c2)n2ncnc12. The molecule has 2 heterocycles. The molecule has 3 N–H and O–H groups in total. The zero-order valence-corrected chi connectivity index (χ0v) is 15.6. The highest BCUT2D eigenvalue weighted by atomic mass is 35.5. The lowest BCUT2D eigenvalue weighted by Gasteiger charge is -2.13. The average molecular weight is 451 g/mol. The van der Waals surface area contributed by atoms with Crippen molar-refractivity contribution in [3.63, 3.8) is 0 Å². The summed E-state index contributed by atoms with van der Waals surface area (Å²) in [6.07, 6.45) is -3.62. The summed E-state index contributed by atoms with van der Waals surface area (Å²) < 4.78 is 40.3. The first-order valence-corrected chi connectivity index (χ1v) is 7.89. The van der Waals surface area contributed by atoms with E-state index < -0.39 is 35.9 Å². The van der Waals surface area contributed by atoms with Gasteiger partial charge in [0.25, 0.3) is 5.91 Å². The first kappa shape index (κ1) is 22.2. The third-order valence-corrected chi connectivity index (χ3v) is 3.90. The highest BCUT2D eigenvalue weighted by Crippen LogP contribution is 2.36. The molecule has 3 aromatic rings. The Labute approximate surface area is 171 Å². The Kier molecular flexibility index (Phi) is 6.24. The number of hydrogen-bond acceptors (Lipinski definition) is 5. The number of carboxylic acids is 1. The standard InChI is InChI=1S/C16H10ClF3N4O4.ClH/c17-9-2-7(1-8(3-9)16(18,19)20)10-4-11(25)13(14-22-6-23-24(10)14)15(28)21-5-12(26)27;/h1-4,6,25H,5H2,(H,21,28)(H,26,27);1H. The highest BCUT2D eigenvalue weighted by Gasteiger charge is 2.31. The summed E-state index contributed by atoms with van der Waals surface area (Å²) in [6, 6.07) is 3.81. The topological polar surface area (TPSA) is 117 Å². The predicted octanol–water partition coefficient (Wildman–Crippen LogP) is 3.01. The molecule has 0 saturated heterocycles. The highest BCUT2D eigenvalue weighted by molar-refractivity contribution is 6.31. The number of aliphatic carboxylic acids is 1. The molecule has 8 nitrogen and oxygen atoms in total. The Bertz CT molecular complexity index is 1100. The number of nitrogens with zero attached hydrogens (tertiary/aromatic N) is 3. The van der Waals surface area contributed by atoms with Crippen LogP contribution in [0.4, 0.5) is 13.2 Å². The van der Waals surface area contributed by atoms with Crippen molar-refractivity contribution in [1.29, 1.82) is 0 Å². The monoisotopic (exact) mass is 450 g/mol. The number of nitrogens with one attached hydrogen (secondary N) is 1. The molecule has 29 heavy (non-hydrogen) atoms. The normalized spacial score (nSPS) is 11.2. The van der Waals surface area contributed by atoms with Crippen molar-refractivity contribution in [2.24, 2.45) is 0 Å². The number of alkyl halides is 3. The van der Waals surface area contributed by atoms with Gasteiger partial charge in [0.1, 0.15) is 24.2 Å². The Morgan fingerprint density at radius 1 is 1.21 bits per heavy atom. The number of carbonyl (C=O) groups is 2. The van der Waals surface area contributed by atoms with Gasteiger partial charge in [-0.25, -0.2) is 9.50 Å². The van der Waals surface area contributed by atoms with Gasteiger partial charge in [-0.1, -0.05) is 11.6 Å². The number of carbonyl (C=O) groups excluding carboxylic acids is 1. The van der Waals surface area contributed by atoms with Crippen LogP contribution in [0.25, 0.3) is 16.9 Å². The van der Waals surface area contributed by atoms with Gasteiger partial charge in [-0.05, 0) is 18.2 Å². The quantitative estimate of drug-likeness (QED) is 0.562. The molecule has 0 aliphatic rings. The molecule has 154 valence electrons. The molecule has 2 aromatic heterocycles. The van der Waals surface area contributed by atoms with Gasteiger partial charge in [0.15, 0.2) is 5.65 Å². The minimum Gasteiger partial charge on any atom is -0.507 e. The zero-order chi connectivity index (χ0) is 20.6. The van der Waals surface area contributed by atoms with Crippen molar-refractivity contribution in [1.82, 2.24) is 19.9 Å². The minimum absolute atomic E-state index is 0. The van der Waals surface area contributed by atoms with Gasteiger partial charge in [-0.2, -0.15) is 18.3 Å². The maximum atomic E-state index is 13.1. The molecule has 3 rings (SSSR count). The van der Waals surface area contributed by atoms with E-state index in [9.17, 15) is 27.9 Å². The molecule has 0 saturated carbocycles. The number of benzene rings is 1. The fraction of sp³-hybridized carbons (Fsp3) is 0.125. The number of pyridine rings is 1. The van der Waals surface area contributed by atoms with Gasteiger partial charge in [-0.15, -0.1) is 12.4 Å². The van der Waals surface area contributed by atoms with E-state index >= 15 is 0 Å². The number of halogens is 5. The number of aromatic nitrogens is 3. The van der Waals surface area contributed by atoms with Gasteiger partial charge in [0.05, 0.1) is 11.3 Å². The number of hydrogen-bond donors (Lipinski definition) is 3. The second-order valence-electron chi connectivity index (χ2n) is 5.59. The maximum Gasteiger partial charge on any atom is 0.416 e. The molecule has 1 amide bonds. The predicted molar refractivity (Wildman–Crippen MR) is 97.3 cm³/mol. The lowest BCUT2D eigenvalue weighted by atomic mass is 10.1. The van der Waals surface area contributed by atoms with E-state index in [1.54, 1.807) is 0 Å². The third-order valence-electron chi connectivity index (χ3n) is 3.68. The van der Waals surface area contributed by atoms with Crippen LogP contribution in [0.1, 0.15) is 15.9 Å². The van der Waals surface area contributed by atoms with Crippen LogP contribution in [0.2, 0.25) is 5.02 Å². The summed E-state index contributed by atoms with van der Waals surface area (Å²) in [7, 11) is 0. The lowest BCUT2D eigenvalue weighted by molar-refractivity contribution is -0.137. The van der Waals surface area contributed by atoms with Crippen LogP contribution in [-0.4, -0.2) is 43.2 Å². The Morgan fingerprint density at radius 2 is 1.90 bits per heavy atom. The molecular weight excluding hydrogens is 440 g/mol. The summed E-state index contributed by atoms with van der Waals surface area (Å²) in [6.45, 7) is -0.705. The smallest absolute Gasteiger partial charge is 0.416 e. The molecule has 0 spiro atoms. The fourth-order valence-corrected chi connectivity index (χ4v) is 2.77.